The SMILES string of the molecule is Cc1ccc(/C=C/S(=O)(=O)NCCC(=O)Nc2ccc(N3CCCCC3)cc2)cc1. The highest BCUT2D eigenvalue weighted by molar-refractivity contribution is 7.92. The number of amides is 1. The zero-order valence-corrected chi connectivity index (χ0v) is 18.1. The summed E-state index contributed by atoms with van der Waals surface area (Å²) in [6.07, 6.45) is 5.32. The van der Waals surface area contributed by atoms with Gasteiger partial charge in [-0.2, -0.15) is 0 Å². The predicted octanol–water partition coefficient (Wildman–Crippen LogP) is 3.90. The lowest BCUT2D eigenvalue weighted by Gasteiger charge is -2.28. The molecule has 1 saturated heterocycles. The first-order valence-electron chi connectivity index (χ1n) is 10.3. The van der Waals surface area contributed by atoms with E-state index in [1.54, 1.807) is 0 Å². The lowest BCUT2D eigenvalue weighted by atomic mass is 10.1. The third kappa shape index (κ3) is 7.00. The summed E-state index contributed by atoms with van der Waals surface area (Å²) in [5, 5.41) is 3.93. The van der Waals surface area contributed by atoms with Crippen LogP contribution in [0.1, 0.15) is 36.8 Å². The molecule has 0 aliphatic carbocycles. The second-order valence-corrected chi connectivity index (χ2v) is 9.20. The average molecular weight is 428 g/mol. The molecule has 0 spiro atoms. The molecule has 0 aromatic heterocycles. The maximum atomic E-state index is 12.1. The molecule has 2 N–H and O–H groups in total. The minimum Gasteiger partial charge on any atom is -0.372 e. The Labute approximate surface area is 179 Å². The number of hydrogen-bond acceptors (Lipinski definition) is 4. The predicted molar refractivity (Wildman–Crippen MR) is 123 cm³/mol. The summed E-state index contributed by atoms with van der Waals surface area (Å²) in [5.41, 5.74) is 3.79. The van der Waals surface area contributed by atoms with Crippen LogP contribution in [0.25, 0.3) is 6.08 Å². The fourth-order valence-electron chi connectivity index (χ4n) is 3.33. The molecule has 3 rings (SSSR count). The molecule has 1 amide bonds. The summed E-state index contributed by atoms with van der Waals surface area (Å²) in [6.45, 7) is 4.16. The normalized spacial score (nSPS) is 14.8. The summed E-state index contributed by atoms with van der Waals surface area (Å²) < 4.78 is 26.6. The van der Waals surface area contributed by atoms with Crippen molar-refractivity contribution in [2.24, 2.45) is 0 Å². The monoisotopic (exact) mass is 427 g/mol. The van der Waals surface area contributed by atoms with Crippen molar-refractivity contribution < 1.29 is 13.2 Å². The van der Waals surface area contributed by atoms with E-state index in [0.717, 1.165) is 29.6 Å². The minimum absolute atomic E-state index is 0.0399. The van der Waals surface area contributed by atoms with Crippen molar-refractivity contribution in [2.75, 3.05) is 29.9 Å². The molecule has 2 aromatic rings. The number of benzene rings is 2. The molecule has 1 aliphatic rings. The van der Waals surface area contributed by atoms with Gasteiger partial charge in [0, 0.05) is 42.8 Å². The van der Waals surface area contributed by atoms with E-state index >= 15 is 0 Å². The topological polar surface area (TPSA) is 78.5 Å². The van der Waals surface area contributed by atoms with Crippen LogP contribution in [-0.4, -0.2) is 34.0 Å². The summed E-state index contributed by atoms with van der Waals surface area (Å²) in [4.78, 5) is 14.5. The van der Waals surface area contributed by atoms with Gasteiger partial charge in [-0.1, -0.05) is 29.8 Å². The van der Waals surface area contributed by atoms with Crippen LogP contribution in [0.5, 0.6) is 0 Å². The van der Waals surface area contributed by atoms with Gasteiger partial charge in [0.05, 0.1) is 0 Å². The number of carbonyl (C=O) groups is 1. The van der Waals surface area contributed by atoms with Crippen LogP contribution in [0.15, 0.2) is 53.9 Å². The standard InChI is InChI=1S/C23H29N3O3S/c1-19-5-7-20(8-6-19)14-18-30(28,29)24-15-13-23(27)25-21-9-11-22(12-10-21)26-16-3-2-4-17-26/h5-12,14,18,24H,2-4,13,15-17H2,1H3,(H,25,27)/b18-14+. The Kier molecular flexibility index (Phi) is 7.65. The number of sulfonamides is 1. The van der Waals surface area contributed by atoms with Crippen molar-refractivity contribution in [1.29, 1.82) is 0 Å². The Morgan fingerprint density at radius 3 is 2.33 bits per heavy atom. The molecular weight excluding hydrogens is 398 g/mol. The largest absolute Gasteiger partial charge is 0.372 e. The number of nitrogens with one attached hydrogen (secondary N) is 2. The molecule has 0 saturated carbocycles. The Morgan fingerprint density at radius 2 is 1.67 bits per heavy atom. The molecule has 1 aliphatic heterocycles. The van der Waals surface area contributed by atoms with Gasteiger partial charge in [0.15, 0.2) is 0 Å². The van der Waals surface area contributed by atoms with E-state index in [1.807, 2.05) is 55.5 Å². The highest BCUT2D eigenvalue weighted by Crippen LogP contribution is 2.21. The van der Waals surface area contributed by atoms with E-state index in [9.17, 15) is 13.2 Å². The van der Waals surface area contributed by atoms with E-state index < -0.39 is 10.0 Å². The maximum absolute atomic E-state index is 12.1. The lowest BCUT2D eigenvalue weighted by molar-refractivity contribution is -0.116. The fourth-order valence-corrected chi connectivity index (χ4v) is 4.15. The van der Waals surface area contributed by atoms with Gasteiger partial charge in [-0.25, -0.2) is 13.1 Å². The van der Waals surface area contributed by atoms with E-state index in [0.29, 0.717) is 5.69 Å². The van der Waals surface area contributed by atoms with E-state index in [2.05, 4.69) is 14.9 Å². The molecule has 30 heavy (non-hydrogen) atoms. The molecule has 0 unspecified atom stereocenters. The number of anilines is 2. The number of carbonyl (C=O) groups excluding carboxylic acids is 1. The van der Waals surface area contributed by atoms with E-state index in [1.165, 1.54) is 31.0 Å². The highest BCUT2D eigenvalue weighted by Gasteiger charge is 2.11. The molecule has 0 bridgehead atoms. The Morgan fingerprint density at radius 1 is 1.00 bits per heavy atom. The molecule has 6 nitrogen and oxygen atoms in total. The summed E-state index contributed by atoms with van der Waals surface area (Å²) in [6, 6.07) is 15.3. The van der Waals surface area contributed by atoms with Crippen molar-refractivity contribution in [3.63, 3.8) is 0 Å². The summed E-state index contributed by atoms with van der Waals surface area (Å²) >= 11 is 0. The zero-order chi connectivity index (χ0) is 21.4. The van der Waals surface area contributed by atoms with Crippen molar-refractivity contribution in [2.45, 2.75) is 32.6 Å². The number of aryl methyl sites for hydroxylation is 1. The van der Waals surface area contributed by atoms with Crippen LogP contribution < -0.4 is 14.9 Å². The highest BCUT2D eigenvalue weighted by atomic mass is 32.2. The third-order valence-electron chi connectivity index (χ3n) is 5.04. The molecule has 0 radical (unpaired) electrons. The van der Waals surface area contributed by atoms with Gasteiger partial charge in [-0.05, 0) is 62.1 Å². The average Bonchev–Trinajstić information content (AvgIpc) is 2.74. The van der Waals surface area contributed by atoms with Crippen molar-refractivity contribution in [3.8, 4) is 0 Å². The molecule has 1 heterocycles. The second-order valence-electron chi connectivity index (χ2n) is 7.55. The minimum atomic E-state index is -3.59. The summed E-state index contributed by atoms with van der Waals surface area (Å²) in [7, 11) is -3.59. The van der Waals surface area contributed by atoms with Gasteiger partial charge in [-0.3, -0.25) is 4.79 Å². The number of hydrogen-bond donors (Lipinski definition) is 2. The van der Waals surface area contributed by atoms with E-state index in [-0.39, 0.29) is 18.9 Å². The second kappa shape index (κ2) is 10.4. The van der Waals surface area contributed by atoms with Gasteiger partial charge in [0.25, 0.3) is 0 Å². The fraction of sp³-hybridized carbons (Fsp3) is 0.348. The number of nitrogens with zero attached hydrogens (tertiary/aromatic N) is 1. The number of rotatable bonds is 8. The van der Waals surface area contributed by atoms with Crippen LogP contribution in [0.3, 0.4) is 0 Å². The van der Waals surface area contributed by atoms with Crippen molar-refractivity contribution in [3.05, 3.63) is 65.1 Å². The molecular formula is C23H29N3O3S. The van der Waals surface area contributed by atoms with E-state index in [4.69, 9.17) is 0 Å². The smallest absolute Gasteiger partial charge is 0.233 e. The summed E-state index contributed by atoms with van der Waals surface area (Å²) in [5.74, 6) is -0.231. The van der Waals surface area contributed by atoms with Crippen LogP contribution in [0, 0.1) is 6.92 Å². The van der Waals surface area contributed by atoms with Crippen LogP contribution in [0.4, 0.5) is 11.4 Å². The zero-order valence-electron chi connectivity index (χ0n) is 17.3. The first-order chi connectivity index (χ1) is 14.4. The molecule has 7 heteroatoms. The molecule has 160 valence electrons. The molecule has 1 fully saturated rings. The van der Waals surface area contributed by atoms with Crippen LogP contribution >= 0.6 is 0 Å². The van der Waals surface area contributed by atoms with Crippen molar-refractivity contribution in [1.82, 2.24) is 4.72 Å². The van der Waals surface area contributed by atoms with Crippen LogP contribution in [-0.2, 0) is 14.8 Å². The van der Waals surface area contributed by atoms with Gasteiger partial charge >= 0.3 is 0 Å². The van der Waals surface area contributed by atoms with Gasteiger partial charge in [0.1, 0.15) is 0 Å². The Hall–Kier alpha value is -2.64. The molecule has 2 aromatic carbocycles. The number of piperidine rings is 1. The van der Waals surface area contributed by atoms with Crippen molar-refractivity contribution >= 4 is 33.4 Å². The molecule has 0 atom stereocenters. The Bertz CT molecular complexity index is 962. The van der Waals surface area contributed by atoms with Crippen LogP contribution in [0.2, 0.25) is 0 Å². The maximum Gasteiger partial charge on any atom is 0.233 e. The van der Waals surface area contributed by atoms with Gasteiger partial charge < -0.3 is 10.2 Å². The van der Waals surface area contributed by atoms with Gasteiger partial charge in [-0.15, -0.1) is 0 Å². The first kappa shape index (κ1) is 22.1. The Balaban J connectivity index is 1.43. The first-order valence-corrected chi connectivity index (χ1v) is 11.9. The third-order valence-corrected chi connectivity index (χ3v) is 6.15. The lowest BCUT2D eigenvalue weighted by Crippen LogP contribution is -2.29. The van der Waals surface area contributed by atoms with Gasteiger partial charge in [0.2, 0.25) is 15.9 Å². The quantitative estimate of drug-likeness (QED) is 0.670.